The zero-order valence-electron chi connectivity index (χ0n) is 11.6. The van der Waals surface area contributed by atoms with Crippen molar-refractivity contribution in [1.82, 2.24) is 0 Å². The van der Waals surface area contributed by atoms with Crippen molar-refractivity contribution in [1.29, 1.82) is 0 Å². The van der Waals surface area contributed by atoms with Crippen LogP contribution >= 0.6 is 0 Å². The van der Waals surface area contributed by atoms with Gasteiger partial charge in [-0.05, 0) is 29.8 Å². The molecule has 21 heavy (non-hydrogen) atoms. The molecule has 2 aromatic carbocycles. The maximum Gasteiger partial charge on any atom is 0.337 e. The molecular weight excluding hydrogens is 272 g/mol. The lowest BCUT2D eigenvalue weighted by molar-refractivity contribution is 0.0599. The summed E-state index contributed by atoms with van der Waals surface area (Å²) < 4.78 is 9.34. The summed E-state index contributed by atoms with van der Waals surface area (Å²) >= 11 is 0. The van der Waals surface area contributed by atoms with Gasteiger partial charge in [0.25, 0.3) is 0 Å². The second-order valence-electron chi connectivity index (χ2n) is 4.30. The van der Waals surface area contributed by atoms with Gasteiger partial charge in [-0.25, -0.2) is 9.59 Å². The molecule has 2 aromatic rings. The van der Waals surface area contributed by atoms with Gasteiger partial charge in [0.05, 0.1) is 25.3 Å². The van der Waals surface area contributed by atoms with Gasteiger partial charge in [0.1, 0.15) is 5.75 Å². The Morgan fingerprint density at radius 2 is 1.43 bits per heavy atom. The van der Waals surface area contributed by atoms with E-state index in [-0.39, 0.29) is 16.9 Å². The van der Waals surface area contributed by atoms with Crippen molar-refractivity contribution in [2.75, 3.05) is 14.2 Å². The monoisotopic (exact) mass is 286 g/mol. The van der Waals surface area contributed by atoms with Gasteiger partial charge in [0, 0.05) is 5.56 Å². The summed E-state index contributed by atoms with van der Waals surface area (Å²) in [6, 6.07) is 11.1. The quantitative estimate of drug-likeness (QED) is 0.878. The van der Waals surface area contributed by atoms with Crippen LogP contribution in [0.25, 0.3) is 11.1 Å². The predicted molar refractivity (Wildman–Crippen MR) is 76.2 cm³/mol. The number of phenols is 1. The van der Waals surface area contributed by atoms with Crippen molar-refractivity contribution in [3.8, 4) is 16.9 Å². The number of methoxy groups -OCH3 is 2. The molecule has 0 fully saturated rings. The molecule has 0 radical (unpaired) electrons. The standard InChI is InChI=1S/C16H14O5/c1-20-15(18)11-7-10(8-12(9-11)16(19)21-2)13-5-3-4-6-14(13)17/h3-9,17H,1-2H3. The second kappa shape index (κ2) is 6.09. The van der Waals surface area contributed by atoms with Crippen molar-refractivity contribution in [3.05, 3.63) is 53.6 Å². The van der Waals surface area contributed by atoms with Gasteiger partial charge in [0.2, 0.25) is 0 Å². The zero-order valence-corrected chi connectivity index (χ0v) is 11.6. The number of para-hydroxylation sites is 1. The normalized spacial score (nSPS) is 10.0. The molecule has 0 bridgehead atoms. The topological polar surface area (TPSA) is 72.8 Å². The fourth-order valence-corrected chi connectivity index (χ4v) is 1.97. The molecule has 0 aliphatic carbocycles. The number of benzene rings is 2. The molecule has 5 nitrogen and oxygen atoms in total. The van der Waals surface area contributed by atoms with E-state index in [4.69, 9.17) is 0 Å². The smallest absolute Gasteiger partial charge is 0.337 e. The Hall–Kier alpha value is -2.82. The first-order chi connectivity index (χ1) is 10.1. The van der Waals surface area contributed by atoms with Crippen LogP contribution in [-0.4, -0.2) is 31.3 Å². The van der Waals surface area contributed by atoms with E-state index in [1.807, 2.05) is 0 Å². The summed E-state index contributed by atoms with van der Waals surface area (Å²) in [6.45, 7) is 0. The van der Waals surface area contributed by atoms with Crippen molar-refractivity contribution in [2.45, 2.75) is 0 Å². The average molecular weight is 286 g/mol. The number of carbonyl (C=O) groups excluding carboxylic acids is 2. The van der Waals surface area contributed by atoms with Crippen LogP contribution in [-0.2, 0) is 9.47 Å². The van der Waals surface area contributed by atoms with Crippen LogP contribution in [0.5, 0.6) is 5.75 Å². The second-order valence-corrected chi connectivity index (χ2v) is 4.30. The van der Waals surface area contributed by atoms with Gasteiger partial charge >= 0.3 is 11.9 Å². The third-order valence-electron chi connectivity index (χ3n) is 2.99. The summed E-state index contributed by atoms with van der Waals surface area (Å²) in [4.78, 5) is 23.4. The molecule has 5 heteroatoms. The van der Waals surface area contributed by atoms with E-state index in [0.717, 1.165) is 0 Å². The third-order valence-corrected chi connectivity index (χ3v) is 2.99. The lowest BCUT2D eigenvalue weighted by atomic mass is 9.99. The highest BCUT2D eigenvalue weighted by Crippen LogP contribution is 2.30. The van der Waals surface area contributed by atoms with E-state index in [9.17, 15) is 14.7 Å². The van der Waals surface area contributed by atoms with Crippen molar-refractivity contribution < 1.29 is 24.2 Å². The number of ether oxygens (including phenoxy) is 2. The van der Waals surface area contributed by atoms with Crippen LogP contribution in [0.2, 0.25) is 0 Å². The SMILES string of the molecule is COC(=O)c1cc(C(=O)OC)cc(-c2ccccc2O)c1. The minimum absolute atomic E-state index is 0.0512. The maximum atomic E-state index is 11.7. The summed E-state index contributed by atoms with van der Waals surface area (Å²) in [5.41, 5.74) is 1.45. The Bertz CT molecular complexity index is 657. The first kappa shape index (κ1) is 14.6. The minimum atomic E-state index is -0.572. The highest BCUT2D eigenvalue weighted by atomic mass is 16.5. The Labute approximate surface area is 121 Å². The molecule has 0 aromatic heterocycles. The Morgan fingerprint density at radius 3 is 1.90 bits per heavy atom. The number of rotatable bonds is 3. The van der Waals surface area contributed by atoms with Gasteiger partial charge < -0.3 is 14.6 Å². The minimum Gasteiger partial charge on any atom is -0.507 e. The van der Waals surface area contributed by atoms with Crippen LogP contribution in [0.1, 0.15) is 20.7 Å². The molecule has 0 atom stereocenters. The van der Waals surface area contributed by atoms with Crippen molar-refractivity contribution in [2.24, 2.45) is 0 Å². The van der Waals surface area contributed by atoms with Crippen LogP contribution < -0.4 is 0 Å². The molecule has 0 saturated heterocycles. The average Bonchev–Trinajstić information content (AvgIpc) is 2.53. The van der Waals surface area contributed by atoms with Crippen LogP contribution in [0.4, 0.5) is 0 Å². The highest BCUT2D eigenvalue weighted by molar-refractivity contribution is 5.97. The van der Waals surface area contributed by atoms with E-state index in [2.05, 4.69) is 9.47 Å². The number of phenolic OH excluding ortho intramolecular Hbond substituents is 1. The van der Waals surface area contributed by atoms with E-state index in [1.54, 1.807) is 30.3 Å². The Kier molecular flexibility index (Phi) is 4.23. The van der Waals surface area contributed by atoms with Crippen LogP contribution in [0.3, 0.4) is 0 Å². The lowest BCUT2D eigenvalue weighted by Gasteiger charge is -2.09. The summed E-state index contributed by atoms with van der Waals surface area (Å²) in [5, 5.41) is 9.90. The summed E-state index contributed by atoms with van der Waals surface area (Å²) in [7, 11) is 2.51. The molecule has 0 aliphatic heterocycles. The van der Waals surface area contributed by atoms with E-state index in [0.29, 0.717) is 11.1 Å². The van der Waals surface area contributed by atoms with Crippen LogP contribution in [0.15, 0.2) is 42.5 Å². The molecule has 2 rings (SSSR count). The molecular formula is C16H14O5. The third kappa shape index (κ3) is 3.02. The van der Waals surface area contributed by atoms with Crippen molar-refractivity contribution in [3.63, 3.8) is 0 Å². The van der Waals surface area contributed by atoms with Gasteiger partial charge in [-0.1, -0.05) is 18.2 Å². The van der Waals surface area contributed by atoms with Gasteiger partial charge in [0.15, 0.2) is 0 Å². The Balaban J connectivity index is 2.63. The van der Waals surface area contributed by atoms with Gasteiger partial charge in [-0.15, -0.1) is 0 Å². The molecule has 0 amide bonds. The zero-order chi connectivity index (χ0) is 15.4. The highest BCUT2D eigenvalue weighted by Gasteiger charge is 2.15. The molecule has 0 aliphatic rings. The largest absolute Gasteiger partial charge is 0.507 e. The van der Waals surface area contributed by atoms with Gasteiger partial charge in [-0.2, -0.15) is 0 Å². The number of carbonyl (C=O) groups is 2. The summed E-state index contributed by atoms with van der Waals surface area (Å²) in [5.74, 6) is -1.09. The fourth-order valence-electron chi connectivity index (χ4n) is 1.97. The number of aromatic hydroxyl groups is 1. The Morgan fingerprint density at radius 1 is 0.905 bits per heavy atom. The molecule has 0 heterocycles. The van der Waals surface area contributed by atoms with Gasteiger partial charge in [-0.3, -0.25) is 0 Å². The van der Waals surface area contributed by atoms with E-state index >= 15 is 0 Å². The first-order valence-electron chi connectivity index (χ1n) is 6.17. The molecule has 0 spiro atoms. The lowest BCUT2D eigenvalue weighted by Crippen LogP contribution is -2.07. The number of hydrogen-bond acceptors (Lipinski definition) is 5. The molecule has 108 valence electrons. The predicted octanol–water partition coefficient (Wildman–Crippen LogP) is 2.63. The van der Waals surface area contributed by atoms with Crippen LogP contribution in [0, 0.1) is 0 Å². The molecule has 0 unspecified atom stereocenters. The first-order valence-corrected chi connectivity index (χ1v) is 6.17. The van der Waals surface area contributed by atoms with Crippen molar-refractivity contribution >= 4 is 11.9 Å². The number of hydrogen-bond donors (Lipinski definition) is 1. The molecule has 0 saturated carbocycles. The summed E-state index contributed by atoms with van der Waals surface area (Å²) in [6.07, 6.45) is 0. The fraction of sp³-hybridized carbons (Fsp3) is 0.125. The number of esters is 2. The molecule has 1 N–H and O–H groups in total. The van der Waals surface area contributed by atoms with E-state index < -0.39 is 11.9 Å². The maximum absolute atomic E-state index is 11.7. The van der Waals surface area contributed by atoms with E-state index in [1.165, 1.54) is 26.4 Å².